The highest BCUT2D eigenvalue weighted by molar-refractivity contribution is 5.75. The lowest BCUT2D eigenvalue weighted by molar-refractivity contribution is -0.119. The Kier molecular flexibility index (Phi) is 4.24. The van der Waals surface area contributed by atoms with E-state index in [1.54, 1.807) is 6.07 Å². The number of hydrogen-bond acceptors (Lipinski definition) is 2. The first-order chi connectivity index (χ1) is 7.11. The number of hydrogen-bond donors (Lipinski definition) is 1. The van der Waals surface area contributed by atoms with E-state index < -0.39 is 0 Å². The monoisotopic (exact) mass is 210 g/mol. The molecular formula is C11H15FN2O. The van der Waals surface area contributed by atoms with E-state index in [-0.39, 0.29) is 18.3 Å². The molecule has 0 aromatic heterocycles. The van der Waals surface area contributed by atoms with Crippen molar-refractivity contribution in [1.82, 2.24) is 4.90 Å². The predicted molar refractivity (Wildman–Crippen MR) is 56.5 cm³/mol. The van der Waals surface area contributed by atoms with E-state index in [2.05, 4.69) is 0 Å². The van der Waals surface area contributed by atoms with Crippen LogP contribution in [-0.4, -0.2) is 23.9 Å². The van der Waals surface area contributed by atoms with E-state index >= 15 is 0 Å². The average molecular weight is 210 g/mol. The summed E-state index contributed by atoms with van der Waals surface area (Å²) in [4.78, 5) is 12.6. The van der Waals surface area contributed by atoms with Crippen molar-refractivity contribution in [1.29, 1.82) is 0 Å². The van der Waals surface area contributed by atoms with Gasteiger partial charge in [0.15, 0.2) is 0 Å². The summed E-state index contributed by atoms with van der Waals surface area (Å²) in [7, 11) is 0. The molecule has 0 bridgehead atoms. The van der Waals surface area contributed by atoms with Crippen molar-refractivity contribution >= 4 is 5.91 Å². The van der Waals surface area contributed by atoms with Crippen molar-refractivity contribution in [2.75, 3.05) is 13.1 Å². The molecule has 0 spiro atoms. The van der Waals surface area contributed by atoms with Gasteiger partial charge in [0.1, 0.15) is 5.82 Å². The van der Waals surface area contributed by atoms with Crippen LogP contribution in [0.15, 0.2) is 24.3 Å². The van der Waals surface area contributed by atoms with E-state index in [1.165, 1.54) is 12.1 Å². The van der Waals surface area contributed by atoms with Gasteiger partial charge in [-0.1, -0.05) is 19.1 Å². The topological polar surface area (TPSA) is 46.3 Å². The minimum atomic E-state index is -0.367. The predicted octanol–water partition coefficient (Wildman–Crippen LogP) is 1.13. The normalized spacial score (nSPS) is 10.6. The summed E-state index contributed by atoms with van der Waals surface area (Å²) >= 11 is 0. The van der Waals surface area contributed by atoms with E-state index in [9.17, 15) is 9.18 Å². The quantitative estimate of drug-likeness (QED) is 0.792. The summed E-state index contributed by atoms with van der Waals surface area (Å²) in [6.45, 7) is 3.38. The van der Waals surface area contributed by atoms with Gasteiger partial charge >= 0.3 is 0 Å². The van der Waals surface area contributed by atoms with Gasteiger partial charge in [0.05, 0.1) is 6.54 Å². The van der Waals surface area contributed by atoms with Crippen LogP contribution >= 0.6 is 0 Å². The van der Waals surface area contributed by atoms with Gasteiger partial charge in [0, 0.05) is 6.54 Å². The molecule has 0 unspecified atom stereocenters. The molecule has 1 aromatic rings. The number of carbonyl (C=O) groups excluding carboxylic acids is 1. The first kappa shape index (κ1) is 11.7. The Hall–Kier alpha value is -1.42. The van der Waals surface area contributed by atoms with Gasteiger partial charge in [-0.05, 0) is 24.2 Å². The Morgan fingerprint density at radius 3 is 2.80 bits per heavy atom. The van der Waals surface area contributed by atoms with Crippen LogP contribution in [0.25, 0.3) is 0 Å². The molecule has 15 heavy (non-hydrogen) atoms. The molecule has 1 aromatic carbocycles. The summed E-state index contributed by atoms with van der Waals surface area (Å²) in [5, 5.41) is 0. The summed E-state index contributed by atoms with van der Waals surface area (Å²) in [5.74, 6) is -0.629. The third kappa shape index (κ3) is 4.08. The number of halogens is 1. The number of nitrogens with two attached hydrogens (primary N) is 1. The molecular weight excluding hydrogens is 195 g/mol. The molecule has 0 atom stereocenters. The fourth-order valence-electron chi connectivity index (χ4n) is 1.39. The lowest BCUT2D eigenvalue weighted by Gasteiger charge is -2.18. The Morgan fingerprint density at radius 1 is 1.53 bits per heavy atom. The minimum absolute atomic E-state index is 0.201. The van der Waals surface area contributed by atoms with Crippen LogP contribution in [0.5, 0.6) is 0 Å². The lowest BCUT2D eigenvalue weighted by atomic mass is 10.2. The molecule has 1 rings (SSSR count). The first-order valence-electron chi connectivity index (χ1n) is 4.87. The maximum Gasteiger partial charge on any atom is 0.231 e. The van der Waals surface area contributed by atoms with Crippen molar-refractivity contribution < 1.29 is 9.18 Å². The van der Waals surface area contributed by atoms with Gasteiger partial charge in [-0.2, -0.15) is 0 Å². The third-order valence-electron chi connectivity index (χ3n) is 2.12. The van der Waals surface area contributed by atoms with Gasteiger partial charge in [-0.15, -0.1) is 0 Å². The number of nitrogens with zero attached hydrogens (tertiary/aromatic N) is 1. The van der Waals surface area contributed by atoms with Crippen molar-refractivity contribution in [3.05, 3.63) is 35.6 Å². The second-order valence-electron chi connectivity index (χ2n) is 3.40. The van der Waals surface area contributed by atoms with Crippen LogP contribution in [0, 0.1) is 5.82 Å². The summed E-state index contributed by atoms with van der Waals surface area (Å²) in [6.07, 6.45) is 0. The highest BCUT2D eigenvalue weighted by Gasteiger charge is 2.06. The highest BCUT2D eigenvalue weighted by Crippen LogP contribution is 2.06. The molecule has 82 valence electrons. The summed E-state index contributed by atoms with van der Waals surface area (Å²) in [5.41, 5.74) is 5.94. The van der Waals surface area contributed by atoms with E-state index in [4.69, 9.17) is 5.73 Å². The van der Waals surface area contributed by atoms with Crippen molar-refractivity contribution in [3.8, 4) is 0 Å². The fraction of sp³-hybridized carbons (Fsp3) is 0.364. The van der Waals surface area contributed by atoms with Crippen molar-refractivity contribution in [2.24, 2.45) is 5.73 Å². The largest absolute Gasteiger partial charge is 0.369 e. The zero-order valence-electron chi connectivity index (χ0n) is 8.74. The fourth-order valence-corrected chi connectivity index (χ4v) is 1.39. The van der Waals surface area contributed by atoms with E-state index in [1.807, 2.05) is 17.9 Å². The number of carbonyl (C=O) groups is 1. The number of rotatable bonds is 5. The zero-order valence-corrected chi connectivity index (χ0v) is 8.74. The lowest BCUT2D eigenvalue weighted by Crippen LogP contribution is -2.33. The van der Waals surface area contributed by atoms with Gasteiger partial charge in [0.2, 0.25) is 5.91 Å². The number of likely N-dealkylation sites (N-methyl/N-ethyl adjacent to an activating group) is 1. The van der Waals surface area contributed by atoms with Crippen molar-refractivity contribution in [3.63, 3.8) is 0 Å². The molecule has 0 fully saturated rings. The standard InChI is InChI=1S/C11H15FN2O/c1-2-14(8-11(13)15)7-9-4-3-5-10(12)6-9/h3-6H,2,7-8H2,1H3,(H2,13,15). The average Bonchev–Trinajstić information content (AvgIpc) is 2.16. The highest BCUT2D eigenvalue weighted by atomic mass is 19.1. The van der Waals surface area contributed by atoms with Crippen LogP contribution in [0.1, 0.15) is 12.5 Å². The maximum absolute atomic E-state index is 12.9. The molecule has 2 N–H and O–H groups in total. The summed E-state index contributed by atoms with van der Waals surface area (Å²) < 4.78 is 12.9. The molecule has 3 nitrogen and oxygen atoms in total. The van der Waals surface area contributed by atoms with Gasteiger partial charge in [-0.3, -0.25) is 9.69 Å². The zero-order chi connectivity index (χ0) is 11.3. The minimum Gasteiger partial charge on any atom is -0.369 e. The molecule has 1 amide bonds. The summed E-state index contributed by atoms with van der Waals surface area (Å²) in [6, 6.07) is 6.34. The Balaban J connectivity index is 2.62. The molecule has 0 aliphatic heterocycles. The SMILES string of the molecule is CCN(CC(N)=O)Cc1cccc(F)c1. The molecule has 0 saturated heterocycles. The Morgan fingerprint density at radius 2 is 2.27 bits per heavy atom. The smallest absolute Gasteiger partial charge is 0.231 e. The molecule has 0 aliphatic carbocycles. The second-order valence-corrected chi connectivity index (χ2v) is 3.40. The van der Waals surface area contributed by atoms with Gasteiger partial charge in [0.25, 0.3) is 0 Å². The number of amides is 1. The molecule has 4 heteroatoms. The van der Waals surface area contributed by atoms with Crippen molar-refractivity contribution in [2.45, 2.75) is 13.5 Å². The third-order valence-corrected chi connectivity index (χ3v) is 2.12. The van der Waals surface area contributed by atoms with Crippen LogP contribution in [0.4, 0.5) is 4.39 Å². The first-order valence-corrected chi connectivity index (χ1v) is 4.87. The Labute approximate surface area is 88.7 Å². The van der Waals surface area contributed by atoms with Crippen LogP contribution < -0.4 is 5.73 Å². The Bertz CT molecular complexity index is 341. The number of primary amides is 1. The molecule has 0 radical (unpaired) electrons. The molecule has 0 saturated carbocycles. The van der Waals surface area contributed by atoms with Crippen LogP contribution in [0.2, 0.25) is 0 Å². The van der Waals surface area contributed by atoms with Gasteiger partial charge in [-0.25, -0.2) is 4.39 Å². The molecule has 0 aliphatic rings. The molecule has 0 heterocycles. The van der Waals surface area contributed by atoms with Gasteiger partial charge < -0.3 is 5.73 Å². The van der Waals surface area contributed by atoms with E-state index in [0.29, 0.717) is 13.1 Å². The van der Waals surface area contributed by atoms with Crippen LogP contribution in [-0.2, 0) is 11.3 Å². The van der Waals surface area contributed by atoms with Crippen LogP contribution in [0.3, 0.4) is 0 Å². The van der Waals surface area contributed by atoms with E-state index in [0.717, 1.165) is 5.56 Å². The maximum atomic E-state index is 12.9. The number of benzene rings is 1. The second kappa shape index (κ2) is 5.46.